The van der Waals surface area contributed by atoms with Gasteiger partial charge in [0.15, 0.2) is 0 Å². The molecule has 0 saturated heterocycles. The first kappa shape index (κ1) is 9.25. The standard InChI is InChI=1S/C7H12N4S/c1-2-3-4-12-11-7-9-5-8-6-10-7/h5-6H,2-4H2,1H3,(H,8,9,10,11). The minimum atomic E-state index is 0.631. The number of hydrogen-bond donors (Lipinski definition) is 1. The molecular formula is C7H12N4S. The van der Waals surface area contributed by atoms with E-state index in [0.29, 0.717) is 5.95 Å². The number of nitrogens with zero attached hydrogens (tertiary/aromatic N) is 3. The van der Waals surface area contributed by atoms with E-state index in [1.54, 1.807) is 11.9 Å². The van der Waals surface area contributed by atoms with Crippen LogP contribution >= 0.6 is 11.9 Å². The Balaban J connectivity index is 2.16. The zero-order valence-electron chi connectivity index (χ0n) is 7.03. The lowest BCUT2D eigenvalue weighted by atomic mass is 10.4. The molecule has 0 amide bonds. The molecule has 5 heteroatoms. The lowest BCUT2D eigenvalue weighted by Gasteiger charge is -2.00. The molecule has 0 aliphatic rings. The van der Waals surface area contributed by atoms with Crippen LogP contribution in [0.2, 0.25) is 0 Å². The monoisotopic (exact) mass is 184 g/mol. The zero-order chi connectivity index (χ0) is 8.65. The quantitative estimate of drug-likeness (QED) is 0.558. The van der Waals surface area contributed by atoms with Crippen molar-refractivity contribution in [2.75, 3.05) is 10.5 Å². The minimum absolute atomic E-state index is 0.631. The lowest BCUT2D eigenvalue weighted by Crippen LogP contribution is -1.95. The summed E-state index contributed by atoms with van der Waals surface area (Å²) in [4.78, 5) is 11.6. The average molecular weight is 184 g/mol. The predicted molar refractivity (Wildman–Crippen MR) is 50.8 cm³/mol. The average Bonchev–Trinajstić information content (AvgIpc) is 2.14. The third kappa shape index (κ3) is 3.52. The molecule has 1 N–H and O–H groups in total. The molecule has 1 aromatic rings. The second-order valence-electron chi connectivity index (χ2n) is 2.27. The van der Waals surface area contributed by atoms with Crippen LogP contribution in [0.3, 0.4) is 0 Å². The van der Waals surface area contributed by atoms with E-state index in [9.17, 15) is 0 Å². The fraction of sp³-hybridized carbons (Fsp3) is 0.571. The van der Waals surface area contributed by atoms with Gasteiger partial charge in [-0.1, -0.05) is 25.3 Å². The molecule has 0 unspecified atom stereocenters. The summed E-state index contributed by atoms with van der Waals surface area (Å²) in [5.74, 6) is 1.72. The van der Waals surface area contributed by atoms with Gasteiger partial charge < -0.3 is 0 Å². The maximum Gasteiger partial charge on any atom is 0.235 e. The first-order valence-corrected chi connectivity index (χ1v) is 4.92. The Hall–Kier alpha value is -0.840. The van der Waals surface area contributed by atoms with Crippen LogP contribution in [0, 0.1) is 0 Å². The largest absolute Gasteiger partial charge is 0.298 e. The van der Waals surface area contributed by atoms with Crippen molar-refractivity contribution in [3.8, 4) is 0 Å². The van der Waals surface area contributed by atoms with Gasteiger partial charge in [-0.15, -0.1) is 0 Å². The summed E-state index contributed by atoms with van der Waals surface area (Å²) in [5.41, 5.74) is 0. The third-order valence-corrected chi connectivity index (χ3v) is 2.08. The fourth-order valence-corrected chi connectivity index (χ4v) is 1.39. The molecule has 4 nitrogen and oxygen atoms in total. The number of rotatable bonds is 5. The van der Waals surface area contributed by atoms with Crippen molar-refractivity contribution >= 4 is 17.9 Å². The number of aromatic nitrogens is 3. The van der Waals surface area contributed by atoms with Crippen LogP contribution in [-0.4, -0.2) is 20.7 Å². The Bertz CT molecular complexity index is 204. The number of anilines is 1. The van der Waals surface area contributed by atoms with E-state index in [1.165, 1.54) is 25.5 Å². The molecule has 1 rings (SSSR count). The molecule has 0 bridgehead atoms. The molecule has 0 atom stereocenters. The van der Waals surface area contributed by atoms with Gasteiger partial charge >= 0.3 is 0 Å². The molecular weight excluding hydrogens is 172 g/mol. The molecule has 0 aliphatic carbocycles. The van der Waals surface area contributed by atoms with E-state index in [1.807, 2.05) is 0 Å². The highest BCUT2D eigenvalue weighted by Crippen LogP contribution is 2.06. The van der Waals surface area contributed by atoms with Crippen molar-refractivity contribution in [2.45, 2.75) is 19.8 Å². The first-order chi connectivity index (χ1) is 5.93. The highest BCUT2D eigenvalue weighted by atomic mass is 32.2. The van der Waals surface area contributed by atoms with Crippen LogP contribution < -0.4 is 4.72 Å². The predicted octanol–water partition coefficient (Wildman–Crippen LogP) is 1.73. The van der Waals surface area contributed by atoms with E-state index in [-0.39, 0.29) is 0 Å². The zero-order valence-corrected chi connectivity index (χ0v) is 7.84. The Morgan fingerprint density at radius 2 is 2.17 bits per heavy atom. The molecule has 1 heterocycles. The normalized spacial score (nSPS) is 9.75. The van der Waals surface area contributed by atoms with Crippen molar-refractivity contribution in [3.05, 3.63) is 12.7 Å². The van der Waals surface area contributed by atoms with Crippen LogP contribution in [0.25, 0.3) is 0 Å². The molecule has 0 fully saturated rings. The van der Waals surface area contributed by atoms with E-state index < -0.39 is 0 Å². The summed E-state index contributed by atoms with van der Waals surface area (Å²) >= 11 is 1.63. The van der Waals surface area contributed by atoms with Crippen LogP contribution in [0.15, 0.2) is 12.7 Å². The van der Waals surface area contributed by atoms with Gasteiger partial charge in [-0.05, 0) is 6.42 Å². The van der Waals surface area contributed by atoms with Gasteiger partial charge in [0.05, 0.1) is 0 Å². The van der Waals surface area contributed by atoms with Crippen molar-refractivity contribution in [1.82, 2.24) is 15.0 Å². The van der Waals surface area contributed by atoms with E-state index >= 15 is 0 Å². The van der Waals surface area contributed by atoms with Crippen LogP contribution in [0.5, 0.6) is 0 Å². The molecule has 0 aromatic carbocycles. The third-order valence-electron chi connectivity index (χ3n) is 1.26. The summed E-state index contributed by atoms with van der Waals surface area (Å²) in [6.45, 7) is 2.17. The maximum atomic E-state index is 3.92. The SMILES string of the molecule is CCCCSNc1ncncn1. The smallest absolute Gasteiger partial charge is 0.235 e. The van der Waals surface area contributed by atoms with Crippen molar-refractivity contribution in [3.63, 3.8) is 0 Å². The van der Waals surface area contributed by atoms with Crippen LogP contribution in [-0.2, 0) is 0 Å². The highest BCUT2D eigenvalue weighted by molar-refractivity contribution is 8.00. The van der Waals surface area contributed by atoms with Gasteiger partial charge in [-0.2, -0.15) is 0 Å². The number of hydrogen-bond acceptors (Lipinski definition) is 5. The summed E-state index contributed by atoms with van der Waals surface area (Å²) in [6, 6.07) is 0. The van der Waals surface area contributed by atoms with Crippen molar-refractivity contribution < 1.29 is 0 Å². The van der Waals surface area contributed by atoms with Crippen LogP contribution in [0.1, 0.15) is 19.8 Å². The first-order valence-electron chi connectivity index (χ1n) is 3.93. The summed E-state index contributed by atoms with van der Waals surface area (Å²) in [5, 5.41) is 0. The second kappa shape index (κ2) is 5.77. The molecule has 0 aliphatic heterocycles. The summed E-state index contributed by atoms with van der Waals surface area (Å²) in [6.07, 6.45) is 5.39. The van der Waals surface area contributed by atoms with Gasteiger partial charge in [0.2, 0.25) is 5.95 Å². The van der Waals surface area contributed by atoms with Crippen molar-refractivity contribution in [2.24, 2.45) is 0 Å². The maximum absolute atomic E-state index is 3.92. The Morgan fingerprint density at radius 1 is 1.42 bits per heavy atom. The van der Waals surface area contributed by atoms with E-state index in [2.05, 4.69) is 26.6 Å². The molecule has 12 heavy (non-hydrogen) atoms. The second-order valence-corrected chi connectivity index (χ2v) is 3.17. The Kier molecular flexibility index (Phi) is 4.44. The van der Waals surface area contributed by atoms with Gasteiger partial charge in [0, 0.05) is 5.75 Å². The van der Waals surface area contributed by atoms with E-state index in [4.69, 9.17) is 0 Å². The molecule has 1 aromatic heterocycles. The minimum Gasteiger partial charge on any atom is -0.298 e. The molecule has 0 saturated carbocycles. The number of unbranched alkanes of at least 4 members (excludes halogenated alkanes) is 1. The van der Waals surface area contributed by atoms with Gasteiger partial charge in [0.25, 0.3) is 0 Å². The topological polar surface area (TPSA) is 50.7 Å². The lowest BCUT2D eigenvalue weighted by molar-refractivity contribution is 0.897. The summed E-state index contributed by atoms with van der Waals surface area (Å²) in [7, 11) is 0. The van der Waals surface area contributed by atoms with E-state index in [0.717, 1.165) is 5.75 Å². The molecule has 66 valence electrons. The molecule has 0 radical (unpaired) electrons. The molecule has 0 spiro atoms. The number of nitrogens with one attached hydrogen (secondary N) is 1. The van der Waals surface area contributed by atoms with Gasteiger partial charge in [0.1, 0.15) is 12.7 Å². The Morgan fingerprint density at radius 3 is 2.83 bits per heavy atom. The van der Waals surface area contributed by atoms with Gasteiger partial charge in [-0.25, -0.2) is 15.0 Å². The fourth-order valence-electron chi connectivity index (χ4n) is 0.624. The van der Waals surface area contributed by atoms with Crippen LogP contribution in [0.4, 0.5) is 5.95 Å². The van der Waals surface area contributed by atoms with Gasteiger partial charge in [-0.3, -0.25) is 4.72 Å². The summed E-state index contributed by atoms with van der Waals surface area (Å²) < 4.78 is 3.03. The highest BCUT2D eigenvalue weighted by Gasteiger charge is 1.91. The Labute approximate surface area is 76.4 Å². The van der Waals surface area contributed by atoms with Crippen molar-refractivity contribution in [1.29, 1.82) is 0 Å².